The van der Waals surface area contributed by atoms with Crippen molar-refractivity contribution >= 4 is 28.8 Å². The zero-order chi connectivity index (χ0) is 30.2. The molecule has 1 fully saturated rings. The van der Waals surface area contributed by atoms with Gasteiger partial charge in [-0.15, -0.1) is 5.11 Å². The molecule has 222 valence electrons. The number of nitrogens with one attached hydrogen (secondary N) is 1. The van der Waals surface area contributed by atoms with Gasteiger partial charge in [-0.2, -0.15) is 4.98 Å². The normalized spacial score (nSPS) is 13.7. The Morgan fingerprint density at radius 3 is 2.47 bits per heavy atom. The fourth-order valence-corrected chi connectivity index (χ4v) is 5.42. The van der Waals surface area contributed by atoms with Gasteiger partial charge in [-0.05, 0) is 48.6 Å². The summed E-state index contributed by atoms with van der Waals surface area (Å²) in [6.07, 6.45) is 4.77. The Balaban J connectivity index is 1.38. The summed E-state index contributed by atoms with van der Waals surface area (Å²) in [4.78, 5) is 30.2. The molecule has 0 bridgehead atoms. The summed E-state index contributed by atoms with van der Waals surface area (Å²) in [7, 11) is 0. The number of esters is 2. The van der Waals surface area contributed by atoms with Crippen LogP contribution in [-0.2, 0) is 20.8 Å². The van der Waals surface area contributed by atoms with Crippen LogP contribution in [0.15, 0.2) is 77.1 Å². The number of nitrogens with two attached hydrogens (primary N) is 1. The second kappa shape index (κ2) is 13.7. The lowest BCUT2D eigenvalue weighted by molar-refractivity contribution is -0.158. The van der Waals surface area contributed by atoms with Gasteiger partial charge in [0.05, 0.1) is 35.7 Å². The second-order valence-electron chi connectivity index (χ2n) is 10.2. The van der Waals surface area contributed by atoms with E-state index >= 15 is 0 Å². The van der Waals surface area contributed by atoms with Crippen molar-refractivity contribution in [2.24, 2.45) is 22.1 Å². The van der Waals surface area contributed by atoms with E-state index in [2.05, 4.69) is 15.3 Å². The highest BCUT2D eigenvalue weighted by molar-refractivity contribution is 6.03. The number of benzene rings is 3. The molecule has 5 rings (SSSR count). The highest BCUT2D eigenvalue weighted by Crippen LogP contribution is 2.29. The number of hydrogen-bond donors (Lipinski definition) is 2. The van der Waals surface area contributed by atoms with Gasteiger partial charge >= 0.3 is 11.9 Å². The molecular weight excluding hydrogens is 548 g/mol. The Labute approximate surface area is 249 Å². The highest BCUT2D eigenvalue weighted by Gasteiger charge is 2.24. The van der Waals surface area contributed by atoms with Crippen LogP contribution < -0.4 is 10.6 Å². The molecule has 3 N–H and O–H groups in total. The number of amidine groups is 1. The molecule has 0 atom stereocenters. The molecule has 11 heteroatoms. The van der Waals surface area contributed by atoms with Gasteiger partial charge in [0.25, 0.3) is 6.01 Å². The lowest BCUT2D eigenvalue weighted by atomic mass is 9.89. The summed E-state index contributed by atoms with van der Waals surface area (Å²) in [6.45, 7) is 2.19. The maximum absolute atomic E-state index is 13.2. The molecule has 1 aromatic heterocycles. The maximum atomic E-state index is 13.2. The van der Waals surface area contributed by atoms with Crippen LogP contribution in [0.5, 0.6) is 6.01 Å². The molecule has 0 aliphatic heterocycles. The van der Waals surface area contributed by atoms with Gasteiger partial charge < -0.3 is 20.1 Å². The Kier molecular flexibility index (Phi) is 9.40. The number of fused-ring (bicyclic) bond motifs is 1. The first-order valence-corrected chi connectivity index (χ1v) is 14.3. The summed E-state index contributed by atoms with van der Waals surface area (Å²) in [5.41, 5.74) is 4.69. The van der Waals surface area contributed by atoms with E-state index in [4.69, 9.17) is 25.5 Å². The molecule has 43 heavy (non-hydrogen) atoms. The van der Waals surface area contributed by atoms with E-state index in [0.717, 1.165) is 48.8 Å². The fraction of sp³-hybridized carbons (Fsp3) is 0.312. The van der Waals surface area contributed by atoms with Gasteiger partial charge in [-0.3, -0.25) is 14.8 Å². The van der Waals surface area contributed by atoms with Gasteiger partial charge in [-0.1, -0.05) is 79.1 Å². The molecule has 4 aromatic rings. The van der Waals surface area contributed by atoms with Crippen LogP contribution in [0.1, 0.15) is 60.5 Å². The third-order valence-corrected chi connectivity index (χ3v) is 7.50. The van der Waals surface area contributed by atoms with Crippen LogP contribution >= 0.6 is 0 Å². The third-order valence-electron chi connectivity index (χ3n) is 7.50. The summed E-state index contributed by atoms with van der Waals surface area (Å²) < 4.78 is 18.3. The topological polar surface area (TPSA) is 154 Å². The Morgan fingerprint density at radius 1 is 0.977 bits per heavy atom. The number of nitrogens with zero attached hydrogens (tertiary/aromatic N) is 4. The standard InChI is InChI=1S/C32H34N6O5/c1-2-41-32-35-27-14-8-13-26(31(40)43-20-42-30(39)23-9-4-3-5-10-23)28(27)38(32)19-21-15-17-22(18-16-21)24-11-6-7-12-25(24)29(33)36-37-34/h6-8,11-18,23H,2-5,9-10,19-20H2,1H3,(H3,33,34,36). The van der Waals surface area contributed by atoms with Crippen molar-refractivity contribution in [3.63, 3.8) is 0 Å². The molecule has 11 nitrogen and oxygen atoms in total. The SMILES string of the molecule is CCOc1nc2cccc(C(=O)OCOC(=O)C3CCCCC3)c2n1Cc1ccc(-c2ccccc2C(=N)N=NN)cc1. The van der Waals surface area contributed by atoms with Crippen molar-refractivity contribution in [2.75, 3.05) is 13.4 Å². The van der Waals surface area contributed by atoms with Crippen LogP contribution in [0.2, 0.25) is 0 Å². The van der Waals surface area contributed by atoms with Crippen molar-refractivity contribution < 1.29 is 23.8 Å². The molecule has 1 aliphatic rings. The number of imidazole rings is 1. The first-order valence-electron chi connectivity index (χ1n) is 14.3. The van der Waals surface area contributed by atoms with Gasteiger partial charge in [0.2, 0.25) is 6.79 Å². The van der Waals surface area contributed by atoms with E-state index in [9.17, 15) is 9.59 Å². The number of ether oxygens (including phenoxy) is 3. The first kappa shape index (κ1) is 29.4. The minimum atomic E-state index is -0.615. The average molecular weight is 583 g/mol. The summed E-state index contributed by atoms with van der Waals surface area (Å²) in [6, 6.07) is 20.8. The molecule has 0 radical (unpaired) electrons. The van der Waals surface area contributed by atoms with Gasteiger partial charge in [-0.25, -0.2) is 4.79 Å². The van der Waals surface area contributed by atoms with Crippen LogP contribution in [0.4, 0.5) is 0 Å². The summed E-state index contributed by atoms with van der Waals surface area (Å²) >= 11 is 0. The van der Waals surface area contributed by atoms with Crippen LogP contribution in [0.3, 0.4) is 0 Å². The van der Waals surface area contributed by atoms with E-state index in [1.54, 1.807) is 18.2 Å². The van der Waals surface area contributed by atoms with Crippen LogP contribution in [-0.4, -0.2) is 40.7 Å². The van der Waals surface area contributed by atoms with Crippen LogP contribution in [0.25, 0.3) is 22.2 Å². The predicted octanol–water partition coefficient (Wildman–Crippen LogP) is 6.04. The molecule has 0 saturated heterocycles. The Hall–Kier alpha value is -5.06. The number of rotatable bonds is 10. The molecule has 3 aromatic carbocycles. The van der Waals surface area contributed by atoms with Crippen molar-refractivity contribution in [1.82, 2.24) is 9.55 Å². The van der Waals surface area contributed by atoms with E-state index in [1.807, 2.05) is 60.0 Å². The second-order valence-corrected chi connectivity index (χ2v) is 10.2. The first-order chi connectivity index (χ1) is 21.0. The van der Waals surface area contributed by atoms with Crippen molar-refractivity contribution in [3.8, 4) is 17.1 Å². The van der Waals surface area contributed by atoms with E-state index in [0.29, 0.717) is 41.3 Å². The van der Waals surface area contributed by atoms with Crippen molar-refractivity contribution in [1.29, 1.82) is 5.41 Å². The molecular formula is C32H34N6O5. The number of hydrogen-bond acceptors (Lipinski definition) is 8. The van der Waals surface area contributed by atoms with Gasteiger partial charge in [0, 0.05) is 5.56 Å². The minimum absolute atomic E-state index is 0.0309. The Bertz CT molecular complexity index is 1640. The quantitative estimate of drug-likeness (QED) is 0.0439. The zero-order valence-electron chi connectivity index (χ0n) is 24.0. The number of carbonyl (C=O) groups is 2. The van der Waals surface area contributed by atoms with Crippen molar-refractivity contribution in [2.45, 2.75) is 45.6 Å². The van der Waals surface area contributed by atoms with E-state index in [1.165, 1.54) is 0 Å². The molecule has 1 saturated carbocycles. The lowest BCUT2D eigenvalue weighted by Crippen LogP contribution is -2.22. The molecule has 0 spiro atoms. The molecule has 1 aliphatic carbocycles. The molecule has 0 unspecified atom stereocenters. The molecule has 1 heterocycles. The number of para-hydroxylation sites is 1. The Morgan fingerprint density at radius 2 is 1.72 bits per heavy atom. The monoisotopic (exact) mass is 582 g/mol. The zero-order valence-corrected chi connectivity index (χ0v) is 24.0. The number of aromatic nitrogens is 2. The van der Waals surface area contributed by atoms with E-state index < -0.39 is 12.8 Å². The van der Waals surface area contributed by atoms with Crippen molar-refractivity contribution in [3.05, 3.63) is 83.4 Å². The van der Waals surface area contributed by atoms with Crippen LogP contribution in [0, 0.1) is 11.3 Å². The summed E-state index contributed by atoms with van der Waals surface area (Å²) in [5, 5.41) is 15.1. The van der Waals surface area contributed by atoms with Gasteiger partial charge in [0.15, 0.2) is 5.84 Å². The smallest absolute Gasteiger partial charge is 0.343 e. The average Bonchev–Trinajstić information content (AvgIpc) is 3.38. The van der Waals surface area contributed by atoms with Gasteiger partial charge in [0.1, 0.15) is 0 Å². The predicted molar refractivity (Wildman–Crippen MR) is 161 cm³/mol. The summed E-state index contributed by atoms with van der Waals surface area (Å²) in [5.74, 6) is 4.06. The third kappa shape index (κ3) is 6.72. The maximum Gasteiger partial charge on any atom is 0.343 e. The largest absolute Gasteiger partial charge is 0.465 e. The molecule has 0 amide bonds. The minimum Gasteiger partial charge on any atom is -0.465 e. The highest BCUT2D eigenvalue weighted by atomic mass is 16.7. The van der Waals surface area contributed by atoms with E-state index in [-0.39, 0.29) is 17.7 Å². The fourth-order valence-electron chi connectivity index (χ4n) is 5.42. The number of carbonyl (C=O) groups excluding carboxylic acids is 2. The lowest BCUT2D eigenvalue weighted by Gasteiger charge is -2.19.